The summed E-state index contributed by atoms with van der Waals surface area (Å²) in [4.78, 5) is 16.3. The number of aromatic nitrogens is 4. The van der Waals surface area contributed by atoms with Gasteiger partial charge in [-0.25, -0.2) is 4.79 Å². The lowest BCUT2D eigenvalue weighted by molar-refractivity contribution is 0.0113. The molecule has 148 valence electrons. The SMILES string of the molecule is CC(C)(C)OC(=O)N1CCN(C(c2ccsc2)c2nnn(C(F)F)n2)CC1. The molecule has 1 atom stereocenters. The molecule has 2 aromatic heterocycles. The quantitative estimate of drug-likeness (QED) is 0.786. The molecule has 0 aromatic carbocycles. The number of hydrogen-bond donors (Lipinski definition) is 0. The maximum atomic E-state index is 12.8. The first-order valence-electron chi connectivity index (χ1n) is 8.56. The van der Waals surface area contributed by atoms with Crippen molar-refractivity contribution < 1.29 is 18.3 Å². The Morgan fingerprint density at radius 3 is 2.48 bits per heavy atom. The third-order valence-corrected chi connectivity index (χ3v) is 4.75. The van der Waals surface area contributed by atoms with E-state index in [-0.39, 0.29) is 18.0 Å². The van der Waals surface area contributed by atoms with Crippen LogP contribution >= 0.6 is 11.3 Å². The van der Waals surface area contributed by atoms with Crippen molar-refractivity contribution in [2.24, 2.45) is 0 Å². The van der Waals surface area contributed by atoms with Gasteiger partial charge < -0.3 is 9.64 Å². The van der Waals surface area contributed by atoms with Crippen LogP contribution in [0.25, 0.3) is 0 Å². The molecule has 0 spiro atoms. The molecule has 0 bridgehead atoms. The highest BCUT2D eigenvalue weighted by Crippen LogP contribution is 2.29. The molecule has 1 amide bonds. The normalized spacial score (nSPS) is 17.3. The lowest BCUT2D eigenvalue weighted by Gasteiger charge is -2.38. The molecule has 1 saturated heterocycles. The van der Waals surface area contributed by atoms with E-state index >= 15 is 0 Å². The number of piperazine rings is 1. The predicted molar refractivity (Wildman–Crippen MR) is 94.6 cm³/mol. The van der Waals surface area contributed by atoms with Crippen LogP contribution in [0.4, 0.5) is 13.6 Å². The van der Waals surface area contributed by atoms with Crippen molar-refractivity contribution in [3.63, 3.8) is 0 Å². The Balaban J connectivity index is 1.73. The van der Waals surface area contributed by atoms with Gasteiger partial charge in [0.25, 0.3) is 0 Å². The molecule has 1 aliphatic rings. The maximum absolute atomic E-state index is 12.8. The number of carbonyl (C=O) groups excluding carboxylic acids is 1. The number of amides is 1. The average molecular weight is 400 g/mol. The van der Waals surface area contributed by atoms with Crippen molar-refractivity contribution in [1.82, 2.24) is 30.0 Å². The summed E-state index contributed by atoms with van der Waals surface area (Å²) in [7, 11) is 0. The molecular formula is C16H22F2N6O2S. The molecule has 0 saturated carbocycles. The zero-order valence-corrected chi connectivity index (χ0v) is 16.2. The second-order valence-corrected chi connectivity index (χ2v) is 7.99. The summed E-state index contributed by atoms with van der Waals surface area (Å²) in [5.41, 5.74) is 0.366. The first kappa shape index (κ1) is 19.6. The molecule has 27 heavy (non-hydrogen) atoms. The first-order valence-corrected chi connectivity index (χ1v) is 9.50. The highest BCUT2D eigenvalue weighted by atomic mass is 32.1. The van der Waals surface area contributed by atoms with Gasteiger partial charge in [-0.3, -0.25) is 4.90 Å². The van der Waals surface area contributed by atoms with Crippen LogP contribution in [-0.4, -0.2) is 67.9 Å². The minimum Gasteiger partial charge on any atom is -0.444 e. The third-order valence-electron chi connectivity index (χ3n) is 4.05. The van der Waals surface area contributed by atoms with Crippen molar-refractivity contribution in [3.05, 3.63) is 28.2 Å². The molecule has 8 nitrogen and oxygen atoms in total. The molecule has 3 heterocycles. The van der Waals surface area contributed by atoms with E-state index in [0.717, 1.165) is 5.56 Å². The fraction of sp³-hybridized carbons (Fsp3) is 0.625. The Hall–Kier alpha value is -2.14. The maximum Gasteiger partial charge on any atom is 0.410 e. The van der Waals surface area contributed by atoms with Crippen molar-refractivity contribution in [1.29, 1.82) is 0 Å². The van der Waals surface area contributed by atoms with Crippen molar-refractivity contribution >= 4 is 17.4 Å². The van der Waals surface area contributed by atoms with Crippen LogP contribution in [-0.2, 0) is 4.74 Å². The first-order chi connectivity index (χ1) is 12.7. The van der Waals surface area contributed by atoms with Gasteiger partial charge in [0.05, 0.1) is 0 Å². The third kappa shape index (κ3) is 4.78. The summed E-state index contributed by atoms with van der Waals surface area (Å²) < 4.78 is 31.1. The van der Waals surface area contributed by atoms with Crippen molar-refractivity contribution in [3.8, 4) is 0 Å². The van der Waals surface area contributed by atoms with Crippen LogP contribution in [0.1, 0.15) is 44.8 Å². The van der Waals surface area contributed by atoms with Gasteiger partial charge in [0.2, 0.25) is 0 Å². The minimum atomic E-state index is -2.83. The second-order valence-electron chi connectivity index (χ2n) is 7.21. The molecule has 1 unspecified atom stereocenters. The number of tetrazole rings is 1. The molecule has 0 radical (unpaired) electrons. The number of ether oxygens (including phenoxy) is 1. The van der Waals surface area contributed by atoms with Gasteiger partial charge in [0, 0.05) is 26.2 Å². The van der Waals surface area contributed by atoms with Crippen LogP contribution in [0.5, 0.6) is 0 Å². The molecule has 1 aliphatic heterocycles. The number of hydrogen-bond acceptors (Lipinski definition) is 7. The second kappa shape index (κ2) is 7.85. The molecule has 11 heteroatoms. The zero-order valence-electron chi connectivity index (χ0n) is 15.4. The average Bonchev–Trinajstić information content (AvgIpc) is 3.26. The Morgan fingerprint density at radius 2 is 1.96 bits per heavy atom. The van der Waals surface area contributed by atoms with Gasteiger partial charge in [-0.1, -0.05) is 4.80 Å². The lowest BCUT2D eigenvalue weighted by Crippen LogP contribution is -2.51. The van der Waals surface area contributed by atoms with E-state index in [0.29, 0.717) is 31.0 Å². The largest absolute Gasteiger partial charge is 0.444 e. The van der Waals surface area contributed by atoms with E-state index in [2.05, 4.69) is 20.3 Å². The zero-order chi connectivity index (χ0) is 19.6. The molecule has 2 aromatic rings. The van der Waals surface area contributed by atoms with Gasteiger partial charge in [0.15, 0.2) is 5.82 Å². The molecule has 1 fully saturated rings. The van der Waals surface area contributed by atoms with Gasteiger partial charge >= 0.3 is 12.6 Å². The van der Waals surface area contributed by atoms with E-state index in [4.69, 9.17) is 4.74 Å². The summed E-state index contributed by atoms with van der Waals surface area (Å²) in [6, 6.07) is 1.53. The number of thiophene rings is 1. The molecular weight excluding hydrogens is 378 g/mol. The minimum absolute atomic E-state index is 0.222. The highest BCUT2D eigenvalue weighted by Gasteiger charge is 2.33. The van der Waals surface area contributed by atoms with Gasteiger partial charge in [-0.15, -0.1) is 10.2 Å². The van der Waals surface area contributed by atoms with E-state index < -0.39 is 12.2 Å². The lowest BCUT2D eigenvalue weighted by atomic mass is 10.1. The summed E-state index contributed by atoms with van der Waals surface area (Å²) in [5, 5.41) is 15.0. The Morgan fingerprint density at radius 1 is 1.26 bits per heavy atom. The van der Waals surface area contributed by atoms with Crippen LogP contribution in [0, 0.1) is 0 Å². The summed E-state index contributed by atoms with van der Waals surface area (Å²) in [6.45, 7) is 4.67. The summed E-state index contributed by atoms with van der Waals surface area (Å²) >= 11 is 1.51. The van der Waals surface area contributed by atoms with Crippen LogP contribution < -0.4 is 0 Å². The standard InChI is InChI=1S/C16H22F2N6O2S/c1-16(2,3)26-15(25)23-7-5-22(6-8-23)12(11-4-9-27-10-11)13-19-21-24(20-13)14(17)18/h4,9-10,12,14H,5-8H2,1-3H3. The van der Waals surface area contributed by atoms with Crippen molar-refractivity contribution in [2.45, 2.75) is 39.0 Å². The fourth-order valence-electron chi connectivity index (χ4n) is 2.87. The summed E-state index contributed by atoms with van der Waals surface area (Å²) in [5.74, 6) is 0.222. The Labute approximate surface area is 159 Å². The predicted octanol–water partition coefficient (Wildman–Crippen LogP) is 2.77. The smallest absolute Gasteiger partial charge is 0.410 e. The highest BCUT2D eigenvalue weighted by molar-refractivity contribution is 7.08. The summed E-state index contributed by atoms with van der Waals surface area (Å²) in [6.07, 6.45) is -0.351. The van der Waals surface area contributed by atoms with E-state index in [9.17, 15) is 13.6 Å². The number of nitrogens with zero attached hydrogens (tertiary/aromatic N) is 6. The number of halogens is 2. The van der Waals surface area contributed by atoms with Gasteiger partial charge in [0.1, 0.15) is 11.6 Å². The Bertz CT molecular complexity index is 753. The Kier molecular flexibility index (Phi) is 5.70. The molecule has 0 N–H and O–H groups in total. The van der Waals surface area contributed by atoms with Crippen LogP contribution in [0.2, 0.25) is 0 Å². The number of alkyl halides is 2. The van der Waals surface area contributed by atoms with E-state index in [1.54, 1.807) is 4.90 Å². The fourth-order valence-corrected chi connectivity index (χ4v) is 3.55. The van der Waals surface area contributed by atoms with Crippen LogP contribution in [0.15, 0.2) is 16.8 Å². The van der Waals surface area contributed by atoms with E-state index in [1.807, 2.05) is 37.6 Å². The van der Waals surface area contributed by atoms with Crippen LogP contribution in [0.3, 0.4) is 0 Å². The molecule has 3 rings (SSSR count). The van der Waals surface area contributed by atoms with Gasteiger partial charge in [-0.05, 0) is 48.4 Å². The monoisotopic (exact) mass is 400 g/mol. The number of rotatable bonds is 4. The molecule has 0 aliphatic carbocycles. The number of carbonyl (C=O) groups is 1. The topological polar surface area (TPSA) is 76.4 Å². The van der Waals surface area contributed by atoms with Gasteiger partial charge in [-0.2, -0.15) is 20.1 Å². The van der Waals surface area contributed by atoms with E-state index in [1.165, 1.54) is 11.3 Å². The van der Waals surface area contributed by atoms with Crippen molar-refractivity contribution in [2.75, 3.05) is 26.2 Å².